The highest BCUT2D eigenvalue weighted by molar-refractivity contribution is 9.10. The zero-order valence-electron chi connectivity index (χ0n) is 8.49. The van der Waals surface area contributed by atoms with Crippen LogP contribution in [0.15, 0.2) is 22.7 Å². The second kappa shape index (κ2) is 5.50. The van der Waals surface area contributed by atoms with Gasteiger partial charge in [-0.3, -0.25) is 5.32 Å². The standard InChI is InChI=1S/C10H10BrNO4/c1-2-16-10(15)12-8-5-6(11)3-4-7(8)9(13)14/h3-5H,2H2,1H3,(H,12,15)(H,13,14). The number of aromatic carboxylic acids is 1. The van der Waals surface area contributed by atoms with Gasteiger partial charge < -0.3 is 9.84 Å². The van der Waals surface area contributed by atoms with E-state index in [0.29, 0.717) is 4.47 Å². The molecule has 0 aromatic heterocycles. The van der Waals surface area contributed by atoms with E-state index < -0.39 is 12.1 Å². The van der Waals surface area contributed by atoms with Gasteiger partial charge in [-0.2, -0.15) is 0 Å². The average Bonchev–Trinajstić information content (AvgIpc) is 2.17. The maximum atomic E-state index is 11.2. The van der Waals surface area contributed by atoms with Crippen LogP contribution in [0.1, 0.15) is 17.3 Å². The van der Waals surface area contributed by atoms with Gasteiger partial charge in [0, 0.05) is 4.47 Å². The minimum atomic E-state index is -1.11. The van der Waals surface area contributed by atoms with E-state index in [1.165, 1.54) is 12.1 Å². The summed E-state index contributed by atoms with van der Waals surface area (Å²) in [5.74, 6) is -1.11. The van der Waals surface area contributed by atoms with Gasteiger partial charge in [0.05, 0.1) is 17.9 Å². The normalized spacial score (nSPS) is 9.62. The van der Waals surface area contributed by atoms with Crippen LogP contribution in [-0.4, -0.2) is 23.8 Å². The van der Waals surface area contributed by atoms with Crippen molar-refractivity contribution in [2.75, 3.05) is 11.9 Å². The lowest BCUT2D eigenvalue weighted by Gasteiger charge is -2.08. The van der Waals surface area contributed by atoms with E-state index >= 15 is 0 Å². The summed E-state index contributed by atoms with van der Waals surface area (Å²) in [7, 11) is 0. The van der Waals surface area contributed by atoms with Crippen LogP contribution in [0.2, 0.25) is 0 Å². The molecule has 0 aliphatic heterocycles. The highest BCUT2D eigenvalue weighted by atomic mass is 79.9. The van der Waals surface area contributed by atoms with Gasteiger partial charge in [0.1, 0.15) is 0 Å². The van der Waals surface area contributed by atoms with Crippen molar-refractivity contribution in [2.45, 2.75) is 6.92 Å². The number of hydrogen-bond donors (Lipinski definition) is 2. The van der Waals surface area contributed by atoms with E-state index in [1.54, 1.807) is 13.0 Å². The molecule has 16 heavy (non-hydrogen) atoms. The quantitative estimate of drug-likeness (QED) is 0.896. The molecule has 0 spiro atoms. The summed E-state index contributed by atoms with van der Waals surface area (Å²) in [4.78, 5) is 22.0. The fourth-order valence-electron chi connectivity index (χ4n) is 1.08. The number of halogens is 1. The molecule has 0 radical (unpaired) electrons. The fourth-order valence-corrected chi connectivity index (χ4v) is 1.44. The van der Waals surface area contributed by atoms with E-state index in [4.69, 9.17) is 5.11 Å². The maximum absolute atomic E-state index is 11.2. The van der Waals surface area contributed by atoms with Gasteiger partial charge in [-0.1, -0.05) is 15.9 Å². The largest absolute Gasteiger partial charge is 0.478 e. The first-order valence-electron chi connectivity index (χ1n) is 4.51. The Labute approximate surface area is 101 Å². The van der Waals surface area contributed by atoms with Crippen molar-refractivity contribution in [2.24, 2.45) is 0 Å². The van der Waals surface area contributed by atoms with Crippen LogP contribution >= 0.6 is 15.9 Å². The highest BCUT2D eigenvalue weighted by Crippen LogP contribution is 2.21. The summed E-state index contributed by atoms with van der Waals surface area (Å²) < 4.78 is 5.33. The van der Waals surface area contributed by atoms with Crippen molar-refractivity contribution >= 4 is 33.7 Å². The predicted octanol–water partition coefficient (Wildman–Crippen LogP) is 2.72. The van der Waals surface area contributed by atoms with Crippen LogP contribution < -0.4 is 5.32 Å². The van der Waals surface area contributed by atoms with Crippen molar-refractivity contribution in [3.8, 4) is 0 Å². The van der Waals surface area contributed by atoms with Gasteiger partial charge in [-0.25, -0.2) is 9.59 Å². The van der Waals surface area contributed by atoms with Crippen LogP contribution in [0.4, 0.5) is 10.5 Å². The molecule has 2 N–H and O–H groups in total. The van der Waals surface area contributed by atoms with Crippen LogP contribution in [0.3, 0.4) is 0 Å². The number of anilines is 1. The van der Waals surface area contributed by atoms with Crippen LogP contribution in [0.5, 0.6) is 0 Å². The number of carbonyl (C=O) groups is 2. The van der Waals surface area contributed by atoms with Gasteiger partial charge in [-0.15, -0.1) is 0 Å². The number of rotatable bonds is 3. The number of ether oxygens (including phenoxy) is 1. The van der Waals surface area contributed by atoms with Crippen molar-refractivity contribution < 1.29 is 19.4 Å². The third-order valence-corrected chi connectivity index (χ3v) is 2.22. The molecular formula is C10H10BrNO4. The molecule has 0 atom stereocenters. The van der Waals surface area contributed by atoms with Gasteiger partial charge in [-0.05, 0) is 25.1 Å². The lowest BCUT2D eigenvalue weighted by atomic mass is 10.2. The molecule has 0 fully saturated rings. The molecule has 0 unspecified atom stereocenters. The van der Waals surface area contributed by atoms with Crippen LogP contribution in [0, 0.1) is 0 Å². The van der Waals surface area contributed by atoms with Crippen LogP contribution in [0.25, 0.3) is 0 Å². The Hall–Kier alpha value is -1.56. The van der Waals surface area contributed by atoms with E-state index in [-0.39, 0.29) is 17.9 Å². The Morgan fingerprint density at radius 1 is 1.50 bits per heavy atom. The van der Waals surface area contributed by atoms with Crippen molar-refractivity contribution in [1.29, 1.82) is 0 Å². The number of carbonyl (C=O) groups excluding carboxylic acids is 1. The Morgan fingerprint density at radius 2 is 2.19 bits per heavy atom. The summed E-state index contributed by atoms with van der Waals surface area (Å²) in [5, 5.41) is 11.3. The molecule has 86 valence electrons. The minimum absolute atomic E-state index is 0.0104. The third kappa shape index (κ3) is 3.23. The molecule has 0 aliphatic rings. The number of nitrogens with one attached hydrogen (secondary N) is 1. The number of hydrogen-bond acceptors (Lipinski definition) is 3. The van der Waals surface area contributed by atoms with E-state index in [9.17, 15) is 9.59 Å². The van der Waals surface area contributed by atoms with E-state index in [2.05, 4.69) is 26.0 Å². The Balaban J connectivity index is 2.96. The molecule has 1 amide bonds. The fraction of sp³-hybridized carbons (Fsp3) is 0.200. The van der Waals surface area contributed by atoms with E-state index in [0.717, 1.165) is 0 Å². The first-order chi connectivity index (χ1) is 7.54. The van der Waals surface area contributed by atoms with Crippen LogP contribution in [-0.2, 0) is 4.74 Å². The first-order valence-corrected chi connectivity index (χ1v) is 5.30. The van der Waals surface area contributed by atoms with E-state index in [1.807, 2.05) is 0 Å². The third-order valence-electron chi connectivity index (χ3n) is 1.72. The number of amides is 1. The Bertz CT molecular complexity index is 419. The second-order valence-electron chi connectivity index (χ2n) is 2.84. The molecule has 1 aromatic rings. The van der Waals surface area contributed by atoms with Gasteiger partial charge in [0.15, 0.2) is 0 Å². The topological polar surface area (TPSA) is 75.6 Å². The van der Waals surface area contributed by atoms with Gasteiger partial charge in [0.2, 0.25) is 0 Å². The average molecular weight is 288 g/mol. The molecule has 6 heteroatoms. The van der Waals surface area contributed by atoms with Gasteiger partial charge >= 0.3 is 12.1 Å². The molecular weight excluding hydrogens is 278 g/mol. The Kier molecular flexibility index (Phi) is 4.30. The monoisotopic (exact) mass is 287 g/mol. The zero-order chi connectivity index (χ0) is 12.1. The lowest BCUT2D eigenvalue weighted by molar-refractivity contribution is 0.0698. The zero-order valence-corrected chi connectivity index (χ0v) is 10.1. The molecule has 1 aromatic carbocycles. The van der Waals surface area contributed by atoms with Crippen molar-refractivity contribution in [3.05, 3.63) is 28.2 Å². The molecule has 0 saturated heterocycles. The second-order valence-corrected chi connectivity index (χ2v) is 3.76. The number of carboxylic acids is 1. The molecule has 0 aliphatic carbocycles. The summed E-state index contributed by atoms with van der Waals surface area (Å²) >= 11 is 3.19. The number of benzene rings is 1. The summed E-state index contributed by atoms with van der Waals surface area (Å²) in [5.41, 5.74) is 0.205. The first kappa shape index (κ1) is 12.5. The molecule has 5 nitrogen and oxygen atoms in total. The smallest absolute Gasteiger partial charge is 0.411 e. The molecule has 0 bridgehead atoms. The summed E-state index contributed by atoms with van der Waals surface area (Å²) in [6, 6.07) is 4.48. The molecule has 1 rings (SSSR count). The Morgan fingerprint density at radius 3 is 2.75 bits per heavy atom. The highest BCUT2D eigenvalue weighted by Gasteiger charge is 2.12. The van der Waals surface area contributed by atoms with Gasteiger partial charge in [0.25, 0.3) is 0 Å². The molecule has 0 heterocycles. The molecule has 0 saturated carbocycles. The van der Waals surface area contributed by atoms with Crippen molar-refractivity contribution in [3.63, 3.8) is 0 Å². The SMILES string of the molecule is CCOC(=O)Nc1cc(Br)ccc1C(=O)O. The maximum Gasteiger partial charge on any atom is 0.411 e. The number of carboxylic acid groups (broad SMARTS) is 1. The van der Waals surface area contributed by atoms with Crippen molar-refractivity contribution in [1.82, 2.24) is 0 Å². The lowest BCUT2D eigenvalue weighted by Crippen LogP contribution is -2.15. The summed E-state index contributed by atoms with van der Waals surface area (Å²) in [6.45, 7) is 1.89. The predicted molar refractivity (Wildman–Crippen MR) is 61.7 cm³/mol. The summed E-state index contributed by atoms with van der Waals surface area (Å²) in [6.07, 6.45) is -0.678. The minimum Gasteiger partial charge on any atom is -0.478 e.